The van der Waals surface area contributed by atoms with Gasteiger partial charge in [0.25, 0.3) is 23.6 Å². The second-order valence-corrected chi connectivity index (χ2v) is 19.0. The van der Waals surface area contributed by atoms with Crippen molar-refractivity contribution in [2.24, 2.45) is 11.8 Å². The van der Waals surface area contributed by atoms with Crippen molar-refractivity contribution in [2.45, 2.75) is 44.9 Å². The second kappa shape index (κ2) is 17.0. The van der Waals surface area contributed by atoms with E-state index in [-0.39, 0.29) is 35.0 Å². The highest BCUT2D eigenvalue weighted by Gasteiger charge is 2.42. The normalized spacial score (nSPS) is 17.6. The van der Waals surface area contributed by atoms with Gasteiger partial charge in [-0.2, -0.15) is 0 Å². The minimum Gasteiger partial charge on any atom is -0.353 e. The van der Waals surface area contributed by atoms with Gasteiger partial charge in [0.2, 0.25) is 0 Å². The number of fused-ring (bicyclic) bond motifs is 10. The van der Waals surface area contributed by atoms with Crippen molar-refractivity contribution in [1.29, 1.82) is 0 Å². The van der Waals surface area contributed by atoms with Gasteiger partial charge in [0.15, 0.2) is 0 Å². The van der Waals surface area contributed by atoms with Crippen LogP contribution in [0.1, 0.15) is 86.6 Å². The van der Waals surface area contributed by atoms with Gasteiger partial charge in [-0.15, -0.1) is 0 Å². The van der Waals surface area contributed by atoms with Gasteiger partial charge >= 0.3 is 0 Å². The maximum Gasteiger partial charge on any atom is 0.280 e. The Bertz CT molecular complexity index is 3040. The smallest absolute Gasteiger partial charge is 0.280 e. The molecule has 2 fully saturated rings. The summed E-state index contributed by atoms with van der Waals surface area (Å²) in [6.07, 6.45) is 8.20. The number of H-pyrrole nitrogens is 2. The Hall–Kier alpha value is -7.02. The van der Waals surface area contributed by atoms with Crippen LogP contribution in [0, 0.1) is 11.8 Å². The number of para-hydroxylation sites is 2. The van der Waals surface area contributed by atoms with Crippen molar-refractivity contribution in [3.63, 3.8) is 0 Å². The summed E-state index contributed by atoms with van der Waals surface area (Å²) in [6, 6.07) is 35.6. The molecular weight excluding hydrogens is 837 g/mol. The van der Waals surface area contributed by atoms with Gasteiger partial charge in [-0.3, -0.25) is 29.0 Å². The number of amides is 4. The molecule has 67 heavy (non-hydrogen) atoms. The Morgan fingerprint density at radius 1 is 0.448 bits per heavy atom. The van der Waals surface area contributed by atoms with Crippen LogP contribution < -0.4 is 0 Å². The summed E-state index contributed by atoms with van der Waals surface area (Å²) in [6.45, 7) is 5.90. The molecule has 4 aliphatic heterocycles. The number of imide groups is 2. The third-order valence-electron chi connectivity index (χ3n) is 15.1. The summed E-state index contributed by atoms with van der Waals surface area (Å²) >= 11 is 0. The number of carbonyl (C=O) groups excluding carboxylic acids is 4. The predicted molar refractivity (Wildman–Crippen MR) is 261 cm³/mol. The van der Waals surface area contributed by atoms with Crippen molar-refractivity contribution >= 4 is 67.2 Å². The van der Waals surface area contributed by atoms with Crippen LogP contribution in [0.15, 0.2) is 109 Å². The van der Waals surface area contributed by atoms with E-state index in [1.165, 1.54) is 29.1 Å². The molecule has 4 aromatic carbocycles. The summed E-state index contributed by atoms with van der Waals surface area (Å²) in [5.74, 6) is 0.247. The molecule has 0 radical (unpaired) electrons. The molecule has 0 spiro atoms. The summed E-state index contributed by atoms with van der Waals surface area (Å²) < 4.78 is 0. The first-order valence-corrected chi connectivity index (χ1v) is 24.1. The lowest BCUT2D eigenvalue weighted by atomic mass is 9.87. The molecule has 0 saturated carbocycles. The number of carbonyl (C=O) groups is 4. The minimum absolute atomic E-state index is 0.246. The number of hydrogen-bond acceptors (Lipinski definition) is 8. The maximum atomic E-state index is 14.1. The molecule has 4 amide bonds. The molecule has 8 heterocycles. The number of hydrogen-bond donors (Lipinski definition) is 2. The largest absolute Gasteiger partial charge is 0.353 e. The van der Waals surface area contributed by atoms with Crippen molar-refractivity contribution in [1.82, 2.24) is 39.5 Å². The number of rotatable bonds is 12. The zero-order chi connectivity index (χ0) is 45.2. The van der Waals surface area contributed by atoms with Gasteiger partial charge in [-0.25, -0.2) is 9.97 Å². The molecule has 2 saturated heterocycles. The Kier molecular flexibility index (Phi) is 10.5. The highest BCUT2D eigenvalue weighted by atomic mass is 16.2. The average molecular weight is 889 g/mol. The highest BCUT2D eigenvalue weighted by Crippen LogP contribution is 2.41. The molecule has 2 N–H and O–H groups in total. The number of nitrogens with zero attached hydrogens (tertiary/aromatic N) is 6. The van der Waals surface area contributed by atoms with Gasteiger partial charge in [0, 0.05) is 69.9 Å². The molecule has 4 aliphatic rings. The van der Waals surface area contributed by atoms with E-state index in [4.69, 9.17) is 9.97 Å². The lowest BCUT2D eigenvalue weighted by molar-refractivity contribution is 0.0611. The van der Waals surface area contributed by atoms with E-state index < -0.39 is 0 Å². The summed E-state index contributed by atoms with van der Waals surface area (Å²) in [5, 5.41) is 3.39. The lowest BCUT2D eigenvalue weighted by Gasteiger charge is -2.34. The molecule has 12 nitrogen and oxygen atoms in total. The van der Waals surface area contributed by atoms with E-state index in [0.29, 0.717) is 60.5 Å². The van der Waals surface area contributed by atoms with Crippen LogP contribution in [-0.4, -0.2) is 116 Å². The molecule has 0 aliphatic carbocycles. The van der Waals surface area contributed by atoms with Gasteiger partial charge in [-0.05, 0) is 75.8 Å². The Morgan fingerprint density at radius 2 is 0.836 bits per heavy atom. The van der Waals surface area contributed by atoms with Gasteiger partial charge in [0.1, 0.15) is 11.4 Å². The van der Waals surface area contributed by atoms with E-state index in [0.717, 1.165) is 107 Å². The Labute approximate surface area is 388 Å². The third kappa shape index (κ3) is 7.21. The van der Waals surface area contributed by atoms with E-state index in [1.54, 1.807) is 0 Å². The molecular formula is C55H52N8O4. The SMILES string of the molecule is O=C1c2nc(-c3ccccc3)c3[nH]c4ccccc4c3c2C(=O)N1CCN1CCC(CCCC2CCN(CCN3C(=O)c4nc(-c5ccccc5)c5[nH]c6ccccc6c5c4C3=O)CC2)CC1. The minimum atomic E-state index is -0.310. The fourth-order valence-electron chi connectivity index (χ4n) is 11.5. The standard InChI is InChI=1S/C55H52N8O4/c64-52-44-42-38-18-7-9-20-40(38)56-48(42)46(36-14-3-1-4-15-36)58-50(44)54(66)62(52)32-30-60-26-22-34(23-27-60)12-11-13-35-24-28-61(29-25-35)31-33-63-53(65)45-43-39-19-8-10-21-41(39)57-49(43)47(59-51(45)55(63)67)37-16-5-2-6-17-37/h1-10,14-21,34-35,56-57H,11-13,22-33H2. The van der Waals surface area contributed by atoms with Gasteiger partial charge in [-0.1, -0.05) is 116 Å². The molecule has 8 aromatic rings. The van der Waals surface area contributed by atoms with E-state index >= 15 is 0 Å². The number of nitrogens with one attached hydrogen (secondary N) is 2. The molecule has 0 bridgehead atoms. The second-order valence-electron chi connectivity index (χ2n) is 19.0. The van der Waals surface area contributed by atoms with Crippen LogP contribution in [-0.2, 0) is 0 Å². The first-order valence-electron chi connectivity index (χ1n) is 24.1. The predicted octanol–water partition coefficient (Wildman–Crippen LogP) is 9.57. The van der Waals surface area contributed by atoms with Crippen molar-refractivity contribution in [3.05, 3.63) is 132 Å². The fourth-order valence-corrected chi connectivity index (χ4v) is 11.5. The Balaban J connectivity index is 0.612. The molecule has 12 heteroatoms. The zero-order valence-corrected chi connectivity index (χ0v) is 37.5. The summed E-state index contributed by atoms with van der Waals surface area (Å²) in [5.41, 5.74) is 7.86. The molecule has 0 atom stereocenters. The van der Waals surface area contributed by atoms with Crippen molar-refractivity contribution in [3.8, 4) is 22.5 Å². The summed E-state index contributed by atoms with van der Waals surface area (Å²) in [4.78, 5) is 80.3. The number of aromatic amines is 2. The fraction of sp³-hybridized carbons (Fsp3) is 0.309. The monoisotopic (exact) mass is 888 g/mol. The van der Waals surface area contributed by atoms with Crippen molar-refractivity contribution < 1.29 is 19.2 Å². The first-order chi connectivity index (χ1) is 32.9. The topological polar surface area (TPSA) is 139 Å². The van der Waals surface area contributed by atoms with Crippen LogP contribution >= 0.6 is 0 Å². The number of aromatic nitrogens is 4. The lowest BCUT2D eigenvalue weighted by Crippen LogP contribution is -2.41. The molecule has 336 valence electrons. The van der Waals surface area contributed by atoms with E-state index in [9.17, 15) is 19.2 Å². The van der Waals surface area contributed by atoms with Crippen LogP contribution in [0.2, 0.25) is 0 Å². The average Bonchev–Trinajstić information content (AvgIpc) is 4.08. The van der Waals surface area contributed by atoms with Crippen LogP contribution in [0.25, 0.3) is 66.1 Å². The summed E-state index contributed by atoms with van der Waals surface area (Å²) in [7, 11) is 0. The number of likely N-dealkylation sites (tertiary alicyclic amines) is 2. The number of piperidine rings is 2. The highest BCUT2D eigenvalue weighted by molar-refractivity contribution is 6.31. The van der Waals surface area contributed by atoms with E-state index in [1.807, 2.05) is 109 Å². The molecule has 12 rings (SSSR count). The van der Waals surface area contributed by atoms with Gasteiger partial charge in [0.05, 0.1) is 33.5 Å². The van der Waals surface area contributed by atoms with Crippen LogP contribution in [0.5, 0.6) is 0 Å². The first kappa shape index (κ1) is 41.4. The van der Waals surface area contributed by atoms with E-state index in [2.05, 4.69) is 19.8 Å². The number of benzene rings is 4. The zero-order valence-electron chi connectivity index (χ0n) is 37.5. The quantitative estimate of drug-likeness (QED) is 0.116. The maximum absolute atomic E-state index is 14.1. The Morgan fingerprint density at radius 3 is 1.25 bits per heavy atom. The van der Waals surface area contributed by atoms with Crippen LogP contribution in [0.3, 0.4) is 0 Å². The van der Waals surface area contributed by atoms with Gasteiger partial charge < -0.3 is 19.8 Å². The molecule has 4 aromatic heterocycles. The van der Waals surface area contributed by atoms with Crippen LogP contribution in [0.4, 0.5) is 0 Å². The molecule has 0 unspecified atom stereocenters. The third-order valence-corrected chi connectivity index (χ3v) is 15.1. The van der Waals surface area contributed by atoms with Crippen molar-refractivity contribution in [2.75, 3.05) is 52.4 Å². The number of pyridine rings is 2.